The first-order valence-electron chi connectivity index (χ1n) is 8.71. The van der Waals surface area contributed by atoms with Crippen LogP contribution in [0.25, 0.3) is 17.4 Å². The van der Waals surface area contributed by atoms with Gasteiger partial charge < -0.3 is 4.42 Å². The highest BCUT2D eigenvalue weighted by molar-refractivity contribution is 8.27. The number of amides is 1. The molecule has 0 unspecified atom stereocenters. The van der Waals surface area contributed by atoms with Crippen molar-refractivity contribution in [2.75, 3.05) is 4.90 Å². The standard InChI is InChI=1S/C20H11N3O6S2/c24-19-18(31-20(30)21(19)12-4-3-5-13(10-12)22(25)26)11-14-8-9-17(29-14)15-6-1-2-7-16(15)23(27)28/h1-11H/b18-11-. The van der Waals surface area contributed by atoms with E-state index in [4.69, 9.17) is 16.6 Å². The number of nitrogens with zero attached hydrogens (tertiary/aromatic N) is 3. The fourth-order valence-corrected chi connectivity index (χ4v) is 4.26. The molecule has 0 N–H and O–H groups in total. The molecule has 1 fully saturated rings. The summed E-state index contributed by atoms with van der Waals surface area (Å²) in [4.78, 5) is 35.6. The van der Waals surface area contributed by atoms with E-state index >= 15 is 0 Å². The van der Waals surface area contributed by atoms with Gasteiger partial charge in [0.1, 0.15) is 11.5 Å². The van der Waals surface area contributed by atoms with Gasteiger partial charge in [-0.05, 0) is 24.3 Å². The average molecular weight is 453 g/mol. The lowest BCUT2D eigenvalue weighted by Crippen LogP contribution is -2.27. The molecular weight excluding hydrogens is 442 g/mol. The Morgan fingerprint density at radius 1 is 1.00 bits per heavy atom. The molecule has 0 radical (unpaired) electrons. The van der Waals surface area contributed by atoms with Crippen LogP contribution in [0.1, 0.15) is 5.76 Å². The van der Waals surface area contributed by atoms with Crippen LogP contribution in [0.3, 0.4) is 0 Å². The maximum atomic E-state index is 12.9. The number of carbonyl (C=O) groups is 1. The molecule has 3 aromatic rings. The van der Waals surface area contributed by atoms with E-state index in [1.807, 2.05) is 0 Å². The van der Waals surface area contributed by atoms with E-state index in [-0.39, 0.29) is 26.4 Å². The molecule has 154 valence electrons. The summed E-state index contributed by atoms with van der Waals surface area (Å²) in [6.45, 7) is 0. The highest BCUT2D eigenvalue weighted by Crippen LogP contribution is 2.38. The number of anilines is 1. The molecule has 0 spiro atoms. The number of nitro benzene ring substituents is 2. The first-order chi connectivity index (χ1) is 14.8. The van der Waals surface area contributed by atoms with Gasteiger partial charge >= 0.3 is 0 Å². The van der Waals surface area contributed by atoms with Crippen LogP contribution in [0.5, 0.6) is 0 Å². The van der Waals surface area contributed by atoms with Crippen LogP contribution in [-0.4, -0.2) is 20.1 Å². The van der Waals surface area contributed by atoms with Gasteiger partial charge in [0, 0.05) is 24.3 Å². The maximum absolute atomic E-state index is 12.9. The third kappa shape index (κ3) is 3.96. The zero-order chi connectivity index (χ0) is 22.1. The lowest BCUT2D eigenvalue weighted by Gasteiger charge is -2.13. The first kappa shape index (κ1) is 20.4. The van der Waals surface area contributed by atoms with Crippen LogP contribution >= 0.6 is 24.0 Å². The Balaban J connectivity index is 1.64. The number of nitro groups is 2. The minimum Gasteiger partial charge on any atom is -0.456 e. The molecule has 1 saturated heterocycles. The minimum absolute atomic E-state index is 0.0969. The molecule has 1 aliphatic heterocycles. The Morgan fingerprint density at radius 2 is 1.77 bits per heavy atom. The number of hydrogen-bond donors (Lipinski definition) is 0. The molecule has 4 rings (SSSR count). The van der Waals surface area contributed by atoms with E-state index in [0.717, 1.165) is 11.8 Å². The van der Waals surface area contributed by atoms with Gasteiger partial charge in [0.2, 0.25) is 0 Å². The fourth-order valence-electron chi connectivity index (χ4n) is 2.98. The average Bonchev–Trinajstić information content (AvgIpc) is 3.32. The van der Waals surface area contributed by atoms with Gasteiger partial charge in [-0.3, -0.25) is 29.9 Å². The molecule has 2 aromatic carbocycles. The topological polar surface area (TPSA) is 120 Å². The van der Waals surface area contributed by atoms with Gasteiger partial charge in [0.15, 0.2) is 4.32 Å². The maximum Gasteiger partial charge on any atom is 0.280 e. The van der Waals surface area contributed by atoms with Crippen molar-refractivity contribution in [3.63, 3.8) is 0 Å². The van der Waals surface area contributed by atoms with E-state index < -0.39 is 15.8 Å². The number of non-ortho nitro benzene ring substituents is 1. The molecule has 11 heteroatoms. The third-order valence-corrected chi connectivity index (χ3v) is 5.66. The second kappa shape index (κ2) is 8.13. The summed E-state index contributed by atoms with van der Waals surface area (Å²) in [5, 5.41) is 22.3. The molecule has 0 aliphatic carbocycles. The highest BCUT2D eigenvalue weighted by Gasteiger charge is 2.34. The first-order valence-corrected chi connectivity index (χ1v) is 9.93. The van der Waals surface area contributed by atoms with Crippen LogP contribution in [0.4, 0.5) is 17.1 Å². The minimum atomic E-state index is -0.551. The zero-order valence-electron chi connectivity index (χ0n) is 15.5. The van der Waals surface area contributed by atoms with Crippen LogP contribution < -0.4 is 4.90 Å². The van der Waals surface area contributed by atoms with Gasteiger partial charge in [0.25, 0.3) is 17.3 Å². The molecule has 0 atom stereocenters. The fraction of sp³-hybridized carbons (Fsp3) is 0. The number of furan rings is 1. The summed E-state index contributed by atoms with van der Waals surface area (Å²) < 4.78 is 5.92. The van der Waals surface area contributed by atoms with Crippen molar-refractivity contribution in [1.82, 2.24) is 0 Å². The second-order valence-corrected chi connectivity index (χ2v) is 7.95. The van der Waals surface area contributed by atoms with Gasteiger partial charge in [-0.15, -0.1) is 0 Å². The van der Waals surface area contributed by atoms with Crippen LogP contribution in [0.2, 0.25) is 0 Å². The molecule has 9 nitrogen and oxygen atoms in total. The number of para-hydroxylation sites is 1. The number of benzene rings is 2. The predicted octanol–water partition coefficient (Wildman–Crippen LogP) is 5.17. The molecule has 31 heavy (non-hydrogen) atoms. The Morgan fingerprint density at radius 3 is 2.52 bits per heavy atom. The smallest absolute Gasteiger partial charge is 0.280 e. The summed E-state index contributed by atoms with van der Waals surface area (Å²) in [5.41, 5.74) is 0.354. The Labute approximate surface area is 184 Å². The zero-order valence-corrected chi connectivity index (χ0v) is 17.1. The summed E-state index contributed by atoms with van der Waals surface area (Å²) >= 11 is 6.31. The van der Waals surface area contributed by atoms with Gasteiger partial charge in [-0.1, -0.05) is 42.2 Å². The van der Waals surface area contributed by atoms with Crippen molar-refractivity contribution in [1.29, 1.82) is 0 Å². The number of rotatable bonds is 5. The Hall–Kier alpha value is -3.83. The summed E-state index contributed by atoms with van der Waals surface area (Å²) in [6, 6.07) is 15.0. The lowest BCUT2D eigenvalue weighted by atomic mass is 10.1. The highest BCUT2D eigenvalue weighted by atomic mass is 32.2. The van der Waals surface area contributed by atoms with Crippen molar-refractivity contribution < 1.29 is 19.1 Å². The van der Waals surface area contributed by atoms with Gasteiger partial charge in [-0.25, -0.2) is 0 Å². The number of thioether (sulfide) groups is 1. The van der Waals surface area contributed by atoms with E-state index in [0.29, 0.717) is 17.0 Å². The lowest BCUT2D eigenvalue weighted by molar-refractivity contribution is -0.384. The van der Waals surface area contributed by atoms with Crippen LogP contribution in [0.15, 0.2) is 70.0 Å². The van der Waals surface area contributed by atoms with Crippen molar-refractivity contribution in [3.05, 3.63) is 91.6 Å². The molecule has 2 heterocycles. The van der Waals surface area contributed by atoms with Crippen molar-refractivity contribution in [2.24, 2.45) is 0 Å². The van der Waals surface area contributed by atoms with E-state index in [1.165, 1.54) is 35.2 Å². The van der Waals surface area contributed by atoms with E-state index in [2.05, 4.69) is 0 Å². The molecular formula is C20H11N3O6S2. The van der Waals surface area contributed by atoms with Crippen molar-refractivity contribution in [3.8, 4) is 11.3 Å². The summed E-state index contributed by atoms with van der Waals surface area (Å²) in [5.74, 6) is 0.152. The SMILES string of the molecule is O=C1/C(=C/c2ccc(-c3ccccc3[N+](=O)[O-])o2)SC(=S)N1c1cccc([N+](=O)[O-])c1. The third-order valence-electron chi connectivity index (χ3n) is 4.36. The van der Waals surface area contributed by atoms with E-state index in [9.17, 15) is 25.0 Å². The number of hydrogen-bond acceptors (Lipinski definition) is 8. The quantitative estimate of drug-likeness (QED) is 0.225. The Kier molecular flexibility index (Phi) is 5.36. The van der Waals surface area contributed by atoms with Crippen LogP contribution in [0, 0.1) is 20.2 Å². The van der Waals surface area contributed by atoms with Crippen LogP contribution in [-0.2, 0) is 4.79 Å². The van der Waals surface area contributed by atoms with E-state index in [1.54, 1.807) is 36.4 Å². The summed E-state index contributed by atoms with van der Waals surface area (Å²) in [6.07, 6.45) is 1.48. The van der Waals surface area contributed by atoms with Crippen molar-refractivity contribution in [2.45, 2.75) is 0 Å². The molecule has 1 aromatic heterocycles. The van der Waals surface area contributed by atoms with Gasteiger partial charge in [-0.2, -0.15) is 0 Å². The predicted molar refractivity (Wildman–Crippen MR) is 120 cm³/mol. The normalized spacial score (nSPS) is 15.0. The molecule has 0 saturated carbocycles. The summed E-state index contributed by atoms with van der Waals surface area (Å²) in [7, 11) is 0. The molecule has 1 aliphatic rings. The Bertz CT molecular complexity index is 1280. The second-order valence-electron chi connectivity index (χ2n) is 6.27. The molecule has 0 bridgehead atoms. The molecule has 1 amide bonds. The number of carbonyl (C=O) groups excluding carboxylic acids is 1. The van der Waals surface area contributed by atoms with Gasteiger partial charge in [0.05, 0.1) is 26.0 Å². The largest absolute Gasteiger partial charge is 0.456 e. The monoisotopic (exact) mass is 453 g/mol. The number of thiocarbonyl (C=S) groups is 1. The van der Waals surface area contributed by atoms with Crippen molar-refractivity contribution >= 4 is 57.3 Å².